The lowest BCUT2D eigenvalue weighted by Gasteiger charge is -2.10. The lowest BCUT2D eigenvalue weighted by Crippen LogP contribution is -2.16. The molecule has 1 aromatic heterocycles. The van der Waals surface area contributed by atoms with Crippen molar-refractivity contribution in [1.29, 1.82) is 0 Å². The van der Waals surface area contributed by atoms with Crippen LogP contribution in [0.25, 0.3) is 0 Å². The quantitative estimate of drug-likeness (QED) is 0.593. The summed E-state index contributed by atoms with van der Waals surface area (Å²) in [5.41, 5.74) is 1.60. The van der Waals surface area contributed by atoms with Crippen molar-refractivity contribution in [3.8, 4) is 0 Å². The van der Waals surface area contributed by atoms with E-state index in [4.69, 9.17) is 4.84 Å². The van der Waals surface area contributed by atoms with E-state index in [0.717, 1.165) is 11.4 Å². The Morgan fingerprint density at radius 2 is 2.27 bits per heavy atom. The van der Waals surface area contributed by atoms with Gasteiger partial charge in [0.1, 0.15) is 11.4 Å². The Balaban J connectivity index is 2.56. The smallest absolute Gasteiger partial charge is 0.124 e. The molecule has 62 valence electrons. The van der Waals surface area contributed by atoms with Gasteiger partial charge in [0.15, 0.2) is 0 Å². The molecule has 0 aromatic carbocycles. The molecule has 0 spiro atoms. The van der Waals surface area contributed by atoms with Crippen molar-refractivity contribution >= 4 is 0 Å². The fourth-order valence-electron chi connectivity index (χ4n) is 0.668. The summed E-state index contributed by atoms with van der Waals surface area (Å²) in [5.74, 6) is 0. The highest BCUT2D eigenvalue weighted by molar-refractivity contribution is 5.03. The molecule has 0 saturated heterocycles. The molecule has 0 amide bonds. The monoisotopic (exact) mass is 157 g/mol. The van der Waals surface area contributed by atoms with Crippen LogP contribution in [-0.2, 0) is 11.4 Å². The van der Waals surface area contributed by atoms with E-state index >= 15 is 0 Å². The minimum Gasteiger partial charge on any atom is -0.302 e. The standard InChI is InChI=1S/C6H11N3O2/c1-5-6(8-11-7-5)4-9(2)10-3/h4H2,1-3H3. The average molecular weight is 157 g/mol. The van der Waals surface area contributed by atoms with Gasteiger partial charge in [-0.15, -0.1) is 0 Å². The summed E-state index contributed by atoms with van der Waals surface area (Å²) in [6, 6.07) is 0. The van der Waals surface area contributed by atoms with E-state index in [9.17, 15) is 0 Å². The van der Waals surface area contributed by atoms with Crippen LogP contribution in [0.3, 0.4) is 0 Å². The molecular weight excluding hydrogens is 146 g/mol. The largest absolute Gasteiger partial charge is 0.302 e. The first-order valence-corrected chi connectivity index (χ1v) is 3.27. The lowest BCUT2D eigenvalue weighted by molar-refractivity contribution is -0.117. The maximum absolute atomic E-state index is 4.90. The molecule has 1 rings (SSSR count). The van der Waals surface area contributed by atoms with Gasteiger partial charge in [-0.1, -0.05) is 10.3 Å². The van der Waals surface area contributed by atoms with Crippen LogP contribution < -0.4 is 0 Å². The second-order valence-electron chi connectivity index (χ2n) is 2.26. The lowest BCUT2D eigenvalue weighted by atomic mass is 10.3. The molecule has 11 heavy (non-hydrogen) atoms. The van der Waals surface area contributed by atoms with Gasteiger partial charge in [0, 0.05) is 7.05 Å². The van der Waals surface area contributed by atoms with E-state index < -0.39 is 0 Å². The molecule has 5 nitrogen and oxygen atoms in total. The van der Waals surface area contributed by atoms with Crippen molar-refractivity contribution < 1.29 is 9.47 Å². The van der Waals surface area contributed by atoms with Crippen molar-refractivity contribution in [2.24, 2.45) is 0 Å². The molecule has 1 heterocycles. The molecule has 0 aliphatic rings. The first-order chi connectivity index (χ1) is 5.24. The molecule has 0 fully saturated rings. The van der Waals surface area contributed by atoms with Crippen LogP contribution in [0.5, 0.6) is 0 Å². The number of hydrogen-bond acceptors (Lipinski definition) is 5. The molecule has 0 radical (unpaired) electrons. The molecule has 0 bridgehead atoms. The van der Waals surface area contributed by atoms with Gasteiger partial charge in [-0.05, 0) is 6.92 Å². The van der Waals surface area contributed by atoms with E-state index in [-0.39, 0.29) is 0 Å². The summed E-state index contributed by atoms with van der Waals surface area (Å²) < 4.78 is 4.51. The van der Waals surface area contributed by atoms with Crippen LogP contribution in [0.15, 0.2) is 4.63 Å². The number of rotatable bonds is 3. The molecule has 0 N–H and O–H groups in total. The van der Waals surface area contributed by atoms with Crippen LogP contribution in [0.2, 0.25) is 0 Å². The van der Waals surface area contributed by atoms with Gasteiger partial charge in [-0.2, -0.15) is 5.06 Å². The van der Waals surface area contributed by atoms with Gasteiger partial charge in [-0.3, -0.25) is 0 Å². The molecule has 0 atom stereocenters. The van der Waals surface area contributed by atoms with Gasteiger partial charge in [0.2, 0.25) is 0 Å². The number of aryl methyl sites for hydroxylation is 1. The van der Waals surface area contributed by atoms with Crippen LogP contribution in [0, 0.1) is 6.92 Å². The zero-order valence-electron chi connectivity index (χ0n) is 6.87. The highest BCUT2D eigenvalue weighted by Crippen LogP contribution is 2.02. The topological polar surface area (TPSA) is 51.4 Å². The number of hydroxylamine groups is 2. The van der Waals surface area contributed by atoms with E-state index in [2.05, 4.69) is 14.9 Å². The highest BCUT2D eigenvalue weighted by atomic mass is 16.7. The minimum atomic E-state index is 0.589. The van der Waals surface area contributed by atoms with Crippen LogP contribution in [0.4, 0.5) is 0 Å². The molecule has 0 aliphatic heterocycles. The number of aromatic nitrogens is 2. The van der Waals surface area contributed by atoms with Gasteiger partial charge in [-0.25, -0.2) is 4.63 Å². The summed E-state index contributed by atoms with van der Waals surface area (Å²) in [7, 11) is 3.41. The first-order valence-electron chi connectivity index (χ1n) is 3.27. The molecular formula is C6H11N3O2. The van der Waals surface area contributed by atoms with Crippen molar-refractivity contribution in [2.45, 2.75) is 13.5 Å². The summed E-state index contributed by atoms with van der Waals surface area (Å²) in [6.07, 6.45) is 0. The predicted molar refractivity (Wildman–Crippen MR) is 37.5 cm³/mol. The number of nitrogens with zero attached hydrogens (tertiary/aromatic N) is 3. The molecule has 1 aromatic rings. The third-order valence-corrected chi connectivity index (χ3v) is 1.43. The van der Waals surface area contributed by atoms with Crippen LogP contribution in [0.1, 0.15) is 11.4 Å². The normalized spacial score (nSPS) is 10.9. The van der Waals surface area contributed by atoms with Crippen molar-refractivity contribution in [3.05, 3.63) is 11.4 Å². The predicted octanol–water partition coefficient (Wildman–Crippen LogP) is 0.371. The second-order valence-corrected chi connectivity index (χ2v) is 2.26. The summed E-state index contributed by atoms with van der Waals surface area (Å²) >= 11 is 0. The zero-order chi connectivity index (χ0) is 8.27. The average Bonchev–Trinajstić information content (AvgIpc) is 2.37. The Kier molecular flexibility index (Phi) is 2.56. The van der Waals surface area contributed by atoms with Gasteiger partial charge in [0.05, 0.1) is 13.7 Å². The van der Waals surface area contributed by atoms with Crippen molar-refractivity contribution in [1.82, 2.24) is 15.4 Å². The van der Waals surface area contributed by atoms with Crippen molar-refractivity contribution in [2.75, 3.05) is 14.2 Å². The summed E-state index contributed by atoms with van der Waals surface area (Å²) in [4.78, 5) is 4.90. The van der Waals surface area contributed by atoms with Crippen LogP contribution >= 0.6 is 0 Å². The second kappa shape index (κ2) is 3.45. The zero-order valence-corrected chi connectivity index (χ0v) is 6.87. The van der Waals surface area contributed by atoms with E-state index in [1.165, 1.54) is 0 Å². The van der Waals surface area contributed by atoms with Gasteiger partial charge < -0.3 is 4.84 Å². The fourth-order valence-corrected chi connectivity index (χ4v) is 0.668. The third-order valence-electron chi connectivity index (χ3n) is 1.43. The number of hydrogen-bond donors (Lipinski definition) is 0. The third kappa shape index (κ3) is 1.99. The maximum Gasteiger partial charge on any atom is 0.124 e. The fraction of sp³-hybridized carbons (Fsp3) is 0.667. The molecule has 5 heteroatoms. The van der Waals surface area contributed by atoms with Gasteiger partial charge >= 0.3 is 0 Å². The highest BCUT2D eigenvalue weighted by Gasteiger charge is 2.06. The summed E-state index contributed by atoms with van der Waals surface area (Å²) in [6.45, 7) is 2.43. The Morgan fingerprint density at radius 3 is 2.73 bits per heavy atom. The Labute approximate surface area is 64.9 Å². The Hall–Kier alpha value is -0.940. The van der Waals surface area contributed by atoms with Crippen molar-refractivity contribution in [3.63, 3.8) is 0 Å². The maximum atomic E-state index is 4.90. The summed E-state index contributed by atoms with van der Waals surface area (Å²) in [5, 5.41) is 8.98. The molecule has 0 aliphatic carbocycles. The van der Waals surface area contributed by atoms with E-state index in [1.54, 1.807) is 12.2 Å². The minimum absolute atomic E-state index is 0.589. The Bertz CT molecular complexity index is 223. The van der Waals surface area contributed by atoms with Gasteiger partial charge in [0.25, 0.3) is 0 Å². The van der Waals surface area contributed by atoms with E-state index in [1.807, 2.05) is 14.0 Å². The molecule has 0 saturated carbocycles. The van der Waals surface area contributed by atoms with Crippen LogP contribution in [-0.4, -0.2) is 29.5 Å². The first kappa shape index (κ1) is 8.16. The SMILES string of the molecule is CON(C)Cc1nonc1C. The van der Waals surface area contributed by atoms with E-state index in [0.29, 0.717) is 6.54 Å². The Morgan fingerprint density at radius 1 is 1.55 bits per heavy atom. The molecule has 0 unspecified atom stereocenters.